The van der Waals surface area contributed by atoms with E-state index in [1.54, 1.807) is 19.1 Å². The molecule has 1 aromatic rings. The van der Waals surface area contributed by atoms with Gasteiger partial charge in [0.1, 0.15) is 0 Å². The molecule has 0 atom stereocenters. The Balaban J connectivity index is 2.41. The Labute approximate surface area is 107 Å². The highest BCUT2D eigenvalue weighted by atomic mass is 16.6. The number of rotatable bonds is 8. The Bertz CT molecular complexity index is 419. The maximum absolute atomic E-state index is 10.8. The Kier molecular flexibility index (Phi) is 5.87. The van der Waals surface area contributed by atoms with Crippen molar-refractivity contribution in [2.24, 2.45) is 0 Å². The van der Waals surface area contributed by atoms with Crippen molar-refractivity contribution < 1.29 is 9.66 Å². The van der Waals surface area contributed by atoms with E-state index in [2.05, 4.69) is 11.9 Å². The zero-order chi connectivity index (χ0) is 13.4. The highest BCUT2D eigenvalue weighted by molar-refractivity contribution is 5.42. The van der Waals surface area contributed by atoms with Gasteiger partial charge in [0.15, 0.2) is 0 Å². The SMILES string of the molecule is C=COCCCNCc1ccc(C)c([N+](=O)[O-])c1. The summed E-state index contributed by atoms with van der Waals surface area (Å²) in [5, 5.41) is 14.0. The highest BCUT2D eigenvalue weighted by Gasteiger charge is 2.10. The lowest BCUT2D eigenvalue weighted by molar-refractivity contribution is -0.385. The topological polar surface area (TPSA) is 64.4 Å². The normalized spacial score (nSPS) is 10.1. The molecule has 0 aliphatic heterocycles. The summed E-state index contributed by atoms with van der Waals surface area (Å²) < 4.78 is 4.99. The largest absolute Gasteiger partial charge is 0.502 e. The third-order valence-corrected chi connectivity index (χ3v) is 2.53. The van der Waals surface area contributed by atoms with Crippen molar-refractivity contribution in [3.63, 3.8) is 0 Å². The van der Waals surface area contributed by atoms with E-state index in [9.17, 15) is 10.1 Å². The molecule has 0 heterocycles. The van der Waals surface area contributed by atoms with Gasteiger partial charge in [0, 0.05) is 18.2 Å². The van der Waals surface area contributed by atoms with E-state index in [0.29, 0.717) is 18.7 Å². The molecular weight excluding hydrogens is 232 g/mol. The van der Waals surface area contributed by atoms with Crippen molar-refractivity contribution >= 4 is 5.69 Å². The van der Waals surface area contributed by atoms with Gasteiger partial charge in [0.25, 0.3) is 5.69 Å². The second kappa shape index (κ2) is 7.45. The minimum Gasteiger partial charge on any atom is -0.502 e. The summed E-state index contributed by atoms with van der Waals surface area (Å²) in [5.41, 5.74) is 1.77. The number of nitrogens with one attached hydrogen (secondary N) is 1. The fraction of sp³-hybridized carbons (Fsp3) is 0.385. The molecule has 5 nitrogen and oxygen atoms in total. The monoisotopic (exact) mass is 250 g/mol. The average Bonchev–Trinajstić information content (AvgIpc) is 2.35. The Hall–Kier alpha value is -1.88. The van der Waals surface area contributed by atoms with Gasteiger partial charge in [-0.25, -0.2) is 0 Å². The van der Waals surface area contributed by atoms with Crippen LogP contribution >= 0.6 is 0 Å². The Morgan fingerprint density at radius 1 is 1.56 bits per heavy atom. The quantitative estimate of drug-likeness (QED) is 0.333. The second-order valence-corrected chi connectivity index (χ2v) is 3.95. The van der Waals surface area contributed by atoms with Crippen molar-refractivity contribution in [3.8, 4) is 0 Å². The molecule has 0 aromatic heterocycles. The van der Waals surface area contributed by atoms with Crippen LogP contribution in [0.25, 0.3) is 0 Å². The number of ether oxygens (including phenoxy) is 1. The number of hydrogen-bond acceptors (Lipinski definition) is 4. The lowest BCUT2D eigenvalue weighted by Gasteiger charge is -2.06. The second-order valence-electron chi connectivity index (χ2n) is 3.95. The molecule has 1 rings (SSSR count). The van der Waals surface area contributed by atoms with Crippen LogP contribution in [0, 0.1) is 17.0 Å². The van der Waals surface area contributed by atoms with Crippen LogP contribution in [0.5, 0.6) is 0 Å². The molecule has 0 aliphatic rings. The van der Waals surface area contributed by atoms with Crippen LogP contribution in [0.3, 0.4) is 0 Å². The number of nitro benzene ring substituents is 1. The summed E-state index contributed by atoms with van der Waals surface area (Å²) in [6, 6.07) is 5.29. The minimum atomic E-state index is -0.350. The van der Waals surface area contributed by atoms with Crippen LogP contribution in [0.15, 0.2) is 31.0 Å². The minimum absolute atomic E-state index is 0.171. The van der Waals surface area contributed by atoms with Gasteiger partial charge in [-0.15, -0.1) is 0 Å². The number of benzene rings is 1. The van der Waals surface area contributed by atoms with Crippen LogP contribution in [0.1, 0.15) is 17.5 Å². The van der Waals surface area contributed by atoms with E-state index in [4.69, 9.17) is 4.74 Å². The number of hydrogen-bond donors (Lipinski definition) is 1. The molecule has 98 valence electrons. The number of aryl methyl sites for hydroxylation is 1. The van der Waals surface area contributed by atoms with Gasteiger partial charge in [0.2, 0.25) is 0 Å². The van der Waals surface area contributed by atoms with E-state index in [-0.39, 0.29) is 10.6 Å². The van der Waals surface area contributed by atoms with Gasteiger partial charge in [0.05, 0.1) is 17.8 Å². The van der Waals surface area contributed by atoms with Gasteiger partial charge in [-0.1, -0.05) is 18.7 Å². The molecule has 0 saturated heterocycles. The van der Waals surface area contributed by atoms with Gasteiger partial charge >= 0.3 is 0 Å². The summed E-state index contributed by atoms with van der Waals surface area (Å²) in [6.45, 7) is 7.24. The van der Waals surface area contributed by atoms with Crippen LogP contribution in [-0.4, -0.2) is 18.1 Å². The first-order valence-corrected chi connectivity index (χ1v) is 5.82. The van der Waals surface area contributed by atoms with Crippen molar-refractivity contribution in [1.29, 1.82) is 0 Å². The van der Waals surface area contributed by atoms with Gasteiger partial charge in [-0.3, -0.25) is 10.1 Å². The molecule has 1 N–H and O–H groups in total. The predicted octanol–water partition coefficient (Wildman–Crippen LogP) is 2.54. The molecule has 0 amide bonds. The van der Waals surface area contributed by atoms with E-state index in [1.165, 1.54) is 6.26 Å². The van der Waals surface area contributed by atoms with Gasteiger partial charge in [-0.05, 0) is 25.5 Å². The molecule has 1 aromatic carbocycles. The van der Waals surface area contributed by atoms with E-state index in [1.807, 2.05) is 6.07 Å². The van der Waals surface area contributed by atoms with E-state index < -0.39 is 0 Å². The van der Waals surface area contributed by atoms with E-state index >= 15 is 0 Å². The maximum atomic E-state index is 10.8. The Morgan fingerprint density at radius 2 is 2.33 bits per heavy atom. The van der Waals surface area contributed by atoms with Crippen LogP contribution in [0.4, 0.5) is 5.69 Å². The highest BCUT2D eigenvalue weighted by Crippen LogP contribution is 2.18. The third kappa shape index (κ3) is 4.55. The first kappa shape index (κ1) is 14.2. The van der Waals surface area contributed by atoms with Crippen molar-refractivity contribution in [3.05, 3.63) is 52.3 Å². The summed E-state index contributed by atoms with van der Waals surface area (Å²) >= 11 is 0. The molecule has 0 bridgehead atoms. The van der Waals surface area contributed by atoms with Crippen LogP contribution in [0.2, 0.25) is 0 Å². The predicted molar refractivity (Wildman–Crippen MR) is 70.3 cm³/mol. The molecular formula is C13H18N2O3. The summed E-state index contributed by atoms with van der Waals surface area (Å²) in [5.74, 6) is 0. The third-order valence-electron chi connectivity index (χ3n) is 2.53. The van der Waals surface area contributed by atoms with Crippen molar-refractivity contribution in [2.45, 2.75) is 19.9 Å². The molecule has 0 radical (unpaired) electrons. The maximum Gasteiger partial charge on any atom is 0.272 e. The van der Waals surface area contributed by atoms with Crippen molar-refractivity contribution in [1.82, 2.24) is 5.32 Å². The zero-order valence-corrected chi connectivity index (χ0v) is 10.5. The average molecular weight is 250 g/mol. The smallest absolute Gasteiger partial charge is 0.272 e. The molecule has 18 heavy (non-hydrogen) atoms. The summed E-state index contributed by atoms with van der Waals surface area (Å²) in [4.78, 5) is 10.4. The summed E-state index contributed by atoms with van der Waals surface area (Å²) in [6.07, 6.45) is 2.29. The van der Waals surface area contributed by atoms with E-state index in [0.717, 1.165) is 18.5 Å². The molecule has 5 heteroatoms. The number of nitro groups is 1. The van der Waals surface area contributed by atoms with Crippen molar-refractivity contribution in [2.75, 3.05) is 13.2 Å². The van der Waals surface area contributed by atoms with Crippen LogP contribution < -0.4 is 5.32 Å². The lowest BCUT2D eigenvalue weighted by Crippen LogP contribution is -2.16. The first-order chi connectivity index (χ1) is 8.65. The fourth-order valence-corrected chi connectivity index (χ4v) is 1.56. The molecule has 0 spiro atoms. The number of nitrogens with zero attached hydrogens (tertiary/aromatic N) is 1. The van der Waals surface area contributed by atoms with Gasteiger partial charge < -0.3 is 10.1 Å². The fourth-order valence-electron chi connectivity index (χ4n) is 1.56. The zero-order valence-electron chi connectivity index (χ0n) is 10.5. The lowest BCUT2D eigenvalue weighted by atomic mass is 10.1. The first-order valence-electron chi connectivity index (χ1n) is 5.82. The molecule has 0 aliphatic carbocycles. The summed E-state index contributed by atoms with van der Waals surface area (Å²) in [7, 11) is 0. The molecule has 0 unspecified atom stereocenters. The standard InChI is InChI=1S/C13H18N2O3/c1-3-18-8-4-7-14-10-12-6-5-11(2)13(9-12)15(16)17/h3,5-6,9,14H,1,4,7-8,10H2,2H3. The molecule has 0 fully saturated rings. The van der Waals surface area contributed by atoms with Crippen LogP contribution in [-0.2, 0) is 11.3 Å². The molecule has 0 saturated carbocycles. The Morgan fingerprint density at radius 3 is 3.00 bits per heavy atom. The van der Waals surface area contributed by atoms with Gasteiger partial charge in [-0.2, -0.15) is 0 Å².